The molecule has 0 aromatic rings. The lowest BCUT2D eigenvalue weighted by molar-refractivity contribution is -0.936. The quantitative estimate of drug-likeness (QED) is 0.314. The molecule has 3 heteroatoms. The molecule has 0 fully saturated rings. The van der Waals surface area contributed by atoms with Crippen LogP contribution in [0.5, 0.6) is 0 Å². The van der Waals surface area contributed by atoms with E-state index in [4.69, 9.17) is 0 Å². The van der Waals surface area contributed by atoms with Crippen LogP contribution in [-0.4, -0.2) is 39.4 Å². The summed E-state index contributed by atoms with van der Waals surface area (Å²) in [6.45, 7) is 12.2. The summed E-state index contributed by atoms with van der Waals surface area (Å²) in [4.78, 5) is 0. The second-order valence-electron chi connectivity index (χ2n) is 4.50. The molecule has 0 saturated heterocycles. The van der Waals surface area contributed by atoms with Crippen molar-refractivity contribution in [3.05, 3.63) is 0 Å². The lowest BCUT2D eigenvalue weighted by atomic mass is 10.2. The van der Waals surface area contributed by atoms with Crippen molar-refractivity contribution >= 4 is 22.6 Å². The minimum Gasteiger partial charge on any atom is -0.386 e. The van der Waals surface area contributed by atoms with Crippen LogP contribution in [0.1, 0.15) is 47.0 Å². The highest BCUT2D eigenvalue weighted by Crippen LogP contribution is 2.25. The van der Waals surface area contributed by atoms with Crippen LogP contribution >= 0.6 is 22.6 Å². The molecule has 0 bridgehead atoms. The van der Waals surface area contributed by atoms with Crippen molar-refractivity contribution in [2.45, 2.75) is 57.1 Å². The predicted molar refractivity (Wildman–Crippen MR) is 75.2 cm³/mol. The Labute approximate surface area is 109 Å². The molecule has 1 N–H and O–H groups in total. The van der Waals surface area contributed by atoms with Gasteiger partial charge in [-0.3, -0.25) is 0 Å². The van der Waals surface area contributed by atoms with Crippen molar-refractivity contribution in [3.8, 4) is 0 Å². The van der Waals surface area contributed by atoms with Crippen molar-refractivity contribution in [1.82, 2.24) is 0 Å². The maximum absolute atomic E-state index is 9.81. The van der Waals surface area contributed by atoms with Crippen LogP contribution in [-0.2, 0) is 0 Å². The van der Waals surface area contributed by atoms with E-state index in [0.29, 0.717) is 4.05 Å². The first kappa shape index (κ1) is 15.7. The average molecular weight is 328 g/mol. The number of aliphatic hydroxyl groups excluding tert-OH is 1. The van der Waals surface area contributed by atoms with E-state index >= 15 is 0 Å². The summed E-state index contributed by atoms with van der Waals surface area (Å²) in [5.41, 5.74) is 0. The van der Waals surface area contributed by atoms with Crippen LogP contribution in [0.25, 0.3) is 0 Å². The maximum atomic E-state index is 9.81. The topological polar surface area (TPSA) is 20.2 Å². The zero-order chi connectivity index (χ0) is 11.9. The molecule has 0 aliphatic carbocycles. The van der Waals surface area contributed by atoms with Crippen LogP contribution < -0.4 is 0 Å². The van der Waals surface area contributed by atoms with Gasteiger partial charge in [0, 0.05) is 0 Å². The highest BCUT2D eigenvalue weighted by molar-refractivity contribution is 14.1. The summed E-state index contributed by atoms with van der Waals surface area (Å²) in [6, 6.07) is 0. The summed E-state index contributed by atoms with van der Waals surface area (Å²) >= 11 is 2.44. The molecule has 2 nitrogen and oxygen atoms in total. The number of rotatable bonds is 8. The third-order valence-electron chi connectivity index (χ3n) is 2.93. The summed E-state index contributed by atoms with van der Waals surface area (Å²) in [5, 5.41) is 9.81. The molecule has 15 heavy (non-hydrogen) atoms. The molecule has 0 aromatic heterocycles. The molecule has 0 heterocycles. The molecule has 2 unspecified atom stereocenters. The van der Waals surface area contributed by atoms with E-state index in [-0.39, 0.29) is 6.10 Å². The predicted octanol–water partition coefficient (Wildman–Crippen LogP) is 3.18. The number of nitrogens with zero attached hydrogens (tertiary/aromatic N) is 1. The lowest BCUT2D eigenvalue weighted by Crippen LogP contribution is -2.57. The molecule has 0 radical (unpaired) electrons. The van der Waals surface area contributed by atoms with Gasteiger partial charge < -0.3 is 9.59 Å². The van der Waals surface area contributed by atoms with E-state index in [1.54, 1.807) is 0 Å². The fourth-order valence-corrected chi connectivity index (χ4v) is 3.33. The van der Waals surface area contributed by atoms with Gasteiger partial charge >= 0.3 is 0 Å². The number of hydrogen-bond acceptors (Lipinski definition) is 1. The molecule has 0 saturated carbocycles. The van der Waals surface area contributed by atoms with Gasteiger partial charge in [0.2, 0.25) is 0 Å². The first-order valence-corrected chi connectivity index (χ1v) is 7.46. The fraction of sp³-hybridized carbons (Fsp3) is 1.00. The second kappa shape index (κ2) is 7.85. The highest BCUT2D eigenvalue weighted by atomic mass is 127. The second-order valence-corrected chi connectivity index (χ2v) is 5.78. The van der Waals surface area contributed by atoms with E-state index in [2.05, 4.69) is 43.4 Å². The third-order valence-corrected chi connectivity index (χ3v) is 5.15. The monoisotopic (exact) mass is 328 g/mol. The Bertz CT molecular complexity index is 145. The van der Waals surface area contributed by atoms with E-state index in [9.17, 15) is 5.11 Å². The Morgan fingerprint density at radius 3 is 1.53 bits per heavy atom. The molecule has 2 atom stereocenters. The molecule has 0 spiro atoms. The number of quaternary nitrogens is 1. The van der Waals surface area contributed by atoms with Gasteiger partial charge in [-0.2, -0.15) is 0 Å². The molecule has 0 aliphatic rings. The van der Waals surface area contributed by atoms with Crippen molar-refractivity contribution < 1.29 is 9.59 Å². The summed E-state index contributed by atoms with van der Waals surface area (Å²) in [6.07, 6.45) is 3.39. The van der Waals surface area contributed by atoms with E-state index < -0.39 is 0 Å². The SMILES string of the molecule is CCC[N+](CCC)(CCC)C(I)C(C)O. The van der Waals surface area contributed by atoms with Gasteiger partial charge in [-0.05, 0) is 48.8 Å². The van der Waals surface area contributed by atoms with Crippen LogP contribution in [0.2, 0.25) is 0 Å². The Hall–Kier alpha value is 0.650. The third kappa shape index (κ3) is 4.57. The van der Waals surface area contributed by atoms with Gasteiger partial charge in [-0.25, -0.2) is 0 Å². The Morgan fingerprint density at radius 2 is 1.33 bits per heavy atom. The van der Waals surface area contributed by atoms with Gasteiger partial charge in [0.15, 0.2) is 4.05 Å². The number of aliphatic hydroxyl groups is 1. The van der Waals surface area contributed by atoms with E-state index in [1.807, 2.05) is 6.92 Å². The first-order valence-electron chi connectivity index (χ1n) is 6.22. The summed E-state index contributed by atoms with van der Waals surface area (Å²) in [5.74, 6) is 0. The maximum Gasteiger partial charge on any atom is 0.165 e. The van der Waals surface area contributed by atoms with Crippen LogP contribution in [0.3, 0.4) is 0 Å². The molecule has 0 aliphatic heterocycles. The number of alkyl halides is 1. The first-order chi connectivity index (χ1) is 7.04. The zero-order valence-electron chi connectivity index (χ0n) is 10.7. The Kier molecular flexibility index (Phi) is 8.19. The van der Waals surface area contributed by atoms with Gasteiger partial charge in [-0.1, -0.05) is 20.8 Å². The minimum atomic E-state index is -0.213. The Morgan fingerprint density at radius 1 is 1.00 bits per heavy atom. The summed E-state index contributed by atoms with van der Waals surface area (Å²) < 4.78 is 1.42. The molecular weight excluding hydrogens is 301 g/mol. The van der Waals surface area contributed by atoms with Crippen LogP contribution in [0.4, 0.5) is 0 Å². The largest absolute Gasteiger partial charge is 0.386 e. The lowest BCUT2D eigenvalue weighted by Gasteiger charge is -2.43. The fourth-order valence-electron chi connectivity index (χ4n) is 2.50. The van der Waals surface area contributed by atoms with E-state index in [1.165, 1.54) is 38.9 Å². The summed E-state index contributed by atoms with van der Waals surface area (Å²) in [7, 11) is 0. The minimum absolute atomic E-state index is 0.213. The van der Waals surface area contributed by atoms with Crippen molar-refractivity contribution in [1.29, 1.82) is 0 Å². The highest BCUT2D eigenvalue weighted by Gasteiger charge is 2.35. The van der Waals surface area contributed by atoms with Crippen molar-refractivity contribution in [3.63, 3.8) is 0 Å². The molecule has 0 rings (SSSR count). The van der Waals surface area contributed by atoms with Gasteiger partial charge in [0.1, 0.15) is 6.10 Å². The molecule has 0 amide bonds. The Balaban J connectivity index is 4.73. The van der Waals surface area contributed by atoms with Gasteiger partial charge in [0.25, 0.3) is 0 Å². The van der Waals surface area contributed by atoms with Gasteiger partial charge in [-0.15, -0.1) is 0 Å². The normalized spacial score (nSPS) is 16.4. The smallest absolute Gasteiger partial charge is 0.165 e. The van der Waals surface area contributed by atoms with Crippen molar-refractivity contribution in [2.75, 3.05) is 19.6 Å². The van der Waals surface area contributed by atoms with E-state index in [0.717, 1.165) is 4.48 Å². The molecule has 0 aromatic carbocycles. The number of hydrogen-bond donors (Lipinski definition) is 1. The number of halogens is 1. The molecule has 92 valence electrons. The van der Waals surface area contributed by atoms with Crippen LogP contribution in [0, 0.1) is 0 Å². The zero-order valence-corrected chi connectivity index (χ0v) is 12.8. The molecular formula is C12H27INO+. The standard InChI is InChI=1S/C12H27INO/c1-5-8-14(9-6-2,10-7-3)12(13)11(4)15/h11-12,15H,5-10H2,1-4H3/q+1. The average Bonchev–Trinajstić information content (AvgIpc) is 2.17. The van der Waals surface area contributed by atoms with Crippen LogP contribution in [0.15, 0.2) is 0 Å². The van der Waals surface area contributed by atoms with Gasteiger partial charge in [0.05, 0.1) is 19.6 Å². The van der Waals surface area contributed by atoms with Crippen molar-refractivity contribution in [2.24, 2.45) is 0 Å².